The molecule has 1 heterocycles. The number of hydrogen-bond acceptors (Lipinski definition) is 4. The molecule has 1 amide bonds. The van der Waals surface area contributed by atoms with Gasteiger partial charge in [-0.25, -0.2) is 0 Å². The van der Waals surface area contributed by atoms with Crippen LogP contribution in [-0.4, -0.2) is 23.5 Å². The first-order valence-electron chi connectivity index (χ1n) is 8.78. The van der Waals surface area contributed by atoms with Crippen LogP contribution < -0.4 is 9.64 Å². The quantitative estimate of drug-likeness (QED) is 0.581. The summed E-state index contributed by atoms with van der Waals surface area (Å²) in [6.45, 7) is 4.37. The number of nitrogens with zero attached hydrogens (tertiary/aromatic N) is 2. The van der Waals surface area contributed by atoms with Gasteiger partial charge in [-0.2, -0.15) is 0 Å². The number of carbonyl (C=O) groups is 1. The fraction of sp³-hybridized carbons (Fsp3) is 0.350. The molecule has 2 aromatic carbocycles. The van der Waals surface area contributed by atoms with Gasteiger partial charge in [0.15, 0.2) is 11.9 Å². The van der Waals surface area contributed by atoms with Gasteiger partial charge in [-0.1, -0.05) is 44.2 Å². The van der Waals surface area contributed by atoms with E-state index in [1.165, 1.54) is 17.7 Å². The number of benzene rings is 2. The third-order valence-electron chi connectivity index (χ3n) is 4.50. The highest BCUT2D eigenvalue weighted by Gasteiger charge is 2.36. The van der Waals surface area contributed by atoms with Crippen LogP contribution in [0.2, 0.25) is 0 Å². The Hall–Kier alpha value is -2.89. The van der Waals surface area contributed by atoms with Crippen LogP contribution >= 0.6 is 0 Å². The summed E-state index contributed by atoms with van der Waals surface area (Å²) in [6.07, 6.45) is 1.04. The van der Waals surface area contributed by atoms with Gasteiger partial charge >= 0.3 is 0 Å². The monoisotopic (exact) mass is 354 g/mol. The first-order valence-corrected chi connectivity index (χ1v) is 8.78. The number of ether oxygens (including phenoxy) is 1. The number of non-ortho nitro benzene ring substituents is 1. The average molecular weight is 354 g/mol. The molecule has 0 radical (unpaired) electrons. The Morgan fingerprint density at radius 3 is 2.58 bits per heavy atom. The molecule has 0 fully saturated rings. The summed E-state index contributed by atoms with van der Waals surface area (Å²) in [7, 11) is 0. The third kappa shape index (κ3) is 3.69. The number of carbonyl (C=O) groups excluding carboxylic acids is 1. The molecule has 1 aliphatic rings. The zero-order valence-electron chi connectivity index (χ0n) is 14.9. The summed E-state index contributed by atoms with van der Waals surface area (Å²) >= 11 is 0. The Morgan fingerprint density at radius 2 is 1.92 bits per heavy atom. The predicted molar refractivity (Wildman–Crippen MR) is 99.5 cm³/mol. The number of aryl methyl sites for hydroxylation is 1. The maximum Gasteiger partial charge on any atom is 0.273 e. The topological polar surface area (TPSA) is 72.7 Å². The van der Waals surface area contributed by atoms with Crippen LogP contribution in [0.1, 0.15) is 25.8 Å². The van der Waals surface area contributed by atoms with Gasteiger partial charge < -0.3 is 9.64 Å². The summed E-state index contributed by atoms with van der Waals surface area (Å²) in [5, 5.41) is 11.0. The second kappa shape index (κ2) is 7.56. The molecule has 0 aliphatic carbocycles. The van der Waals surface area contributed by atoms with Gasteiger partial charge in [-0.05, 0) is 30.4 Å². The number of nitro benzene ring substituents is 1. The van der Waals surface area contributed by atoms with Crippen LogP contribution in [-0.2, 0) is 11.2 Å². The molecule has 1 unspecified atom stereocenters. The number of nitro groups is 1. The summed E-state index contributed by atoms with van der Waals surface area (Å²) in [6, 6.07) is 14.5. The van der Waals surface area contributed by atoms with Crippen LogP contribution in [0.5, 0.6) is 5.75 Å². The fourth-order valence-corrected chi connectivity index (χ4v) is 3.13. The van der Waals surface area contributed by atoms with E-state index in [1.807, 2.05) is 32.0 Å². The lowest BCUT2D eigenvalue weighted by atomic mass is 10.0. The van der Waals surface area contributed by atoms with E-state index < -0.39 is 11.0 Å². The minimum atomic E-state index is -0.624. The lowest BCUT2D eigenvalue weighted by Gasteiger charge is -2.36. The smallest absolute Gasteiger partial charge is 0.273 e. The Kier molecular flexibility index (Phi) is 5.21. The molecule has 26 heavy (non-hydrogen) atoms. The van der Waals surface area contributed by atoms with E-state index in [4.69, 9.17) is 4.74 Å². The van der Waals surface area contributed by atoms with Crippen molar-refractivity contribution in [1.29, 1.82) is 0 Å². The Bertz CT molecular complexity index is 805. The normalized spacial score (nSPS) is 16.3. The SMILES string of the molecule is CC(C)C1Oc2cc([N+](=O)[O-])ccc2N(CCCc2ccccc2)C1=O. The molecule has 0 spiro atoms. The van der Waals surface area contributed by atoms with Gasteiger partial charge in [0.25, 0.3) is 11.6 Å². The Balaban J connectivity index is 1.83. The van der Waals surface area contributed by atoms with Crippen LogP contribution in [0.3, 0.4) is 0 Å². The number of amides is 1. The molecule has 3 rings (SSSR count). The van der Waals surface area contributed by atoms with Crippen molar-refractivity contribution in [2.75, 3.05) is 11.4 Å². The number of fused-ring (bicyclic) bond motifs is 1. The van der Waals surface area contributed by atoms with E-state index in [1.54, 1.807) is 11.0 Å². The van der Waals surface area contributed by atoms with Crippen LogP contribution in [0, 0.1) is 16.0 Å². The minimum absolute atomic E-state index is 0.0217. The van der Waals surface area contributed by atoms with E-state index in [2.05, 4.69) is 12.1 Å². The maximum absolute atomic E-state index is 12.9. The molecule has 0 bridgehead atoms. The molecule has 6 heteroatoms. The van der Waals surface area contributed by atoms with Crippen molar-refractivity contribution in [2.24, 2.45) is 5.92 Å². The van der Waals surface area contributed by atoms with E-state index >= 15 is 0 Å². The predicted octanol–water partition coefficient (Wildman–Crippen LogP) is 3.98. The van der Waals surface area contributed by atoms with Gasteiger partial charge in [0.2, 0.25) is 0 Å². The third-order valence-corrected chi connectivity index (χ3v) is 4.50. The minimum Gasteiger partial charge on any atom is -0.478 e. The number of rotatable bonds is 6. The van der Waals surface area contributed by atoms with Gasteiger partial charge in [0.05, 0.1) is 16.7 Å². The summed E-state index contributed by atoms with van der Waals surface area (Å²) < 4.78 is 5.80. The molecule has 1 atom stereocenters. The Labute approximate surface area is 152 Å². The summed E-state index contributed by atoms with van der Waals surface area (Å²) in [5.74, 6) is 0.290. The summed E-state index contributed by atoms with van der Waals surface area (Å²) in [5.41, 5.74) is 1.79. The fourth-order valence-electron chi connectivity index (χ4n) is 3.13. The second-order valence-electron chi connectivity index (χ2n) is 6.77. The van der Waals surface area contributed by atoms with Crippen molar-refractivity contribution in [3.05, 3.63) is 64.2 Å². The molecule has 136 valence electrons. The van der Waals surface area contributed by atoms with Gasteiger partial charge in [0, 0.05) is 12.6 Å². The van der Waals surface area contributed by atoms with Crippen molar-refractivity contribution < 1.29 is 14.5 Å². The first kappa shape index (κ1) is 17.9. The first-order chi connectivity index (χ1) is 12.5. The highest BCUT2D eigenvalue weighted by atomic mass is 16.6. The lowest BCUT2D eigenvalue weighted by Crippen LogP contribution is -2.48. The van der Waals surface area contributed by atoms with Gasteiger partial charge in [-0.15, -0.1) is 0 Å². The van der Waals surface area contributed by atoms with Gasteiger partial charge in [-0.3, -0.25) is 14.9 Å². The van der Waals surface area contributed by atoms with Crippen LogP contribution in [0.4, 0.5) is 11.4 Å². The van der Waals surface area contributed by atoms with Gasteiger partial charge in [0.1, 0.15) is 0 Å². The molecule has 0 N–H and O–H groups in total. The lowest BCUT2D eigenvalue weighted by molar-refractivity contribution is -0.384. The molecular formula is C20H22N2O4. The van der Waals surface area contributed by atoms with Crippen molar-refractivity contribution >= 4 is 17.3 Å². The molecular weight excluding hydrogens is 332 g/mol. The average Bonchev–Trinajstić information content (AvgIpc) is 2.63. The summed E-state index contributed by atoms with van der Waals surface area (Å²) in [4.78, 5) is 25.2. The zero-order valence-corrected chi connectivity index (χ0v) is 14.9. The molecule has 2 aromatic rings. The Morgan fingerprint density at radius 1 is 1.19 bits per heavy atom. The van der Waals surface area contributed by atoms with Crippen molar-refractivity contribution in [3.63, 3.8) is 0 Å². The molecule has 0 saturated carbocycles. The van der Waals surface area contributed by atoms with Crippen molar-refractivity contribution in [2.45, 2.75) is 32.8 Å². The van der Waals surface area contributed by atoms with Crippen molar-refractivity contribution in [1.82, 2.24) is 0 Å². The van der Waals surface area contributed by atoms with Crippen molar-refractivity contribution in [3.8, 4) is 5.75 Å². The van der Waals surface area contributed by atoms with Crippen LogP contribution in [0.25, 0.3) is 0 Å². The second-order valence-corrected chi connectivity index (χ2v) is 6.77. The van der Waals surface area contributed by atoms with E-state index in [9.17, 15) is 14.9 Å². The largest absolute Gasteiger partial charge is 0.478 e. The number of hydrogen-bond donors (Lipinski definition) is 0. The molecule has 0 aromatic heterocycles. The zero-order chi connectivity index (χ0) is 18.7. The van der Waals surface area contributed by atoms with E-state index in [-0.39, 0.29) is 17.5 Å². The number of anilines is 1. The maximum atomic E-state index is 12.9. The molecule has 1 aliphatic heterocycles. The highest BCUT2D eigenvalue weighted by molar-refractivity contribution is 6.00. The standard InChI is InChI=1S/C20H22N2O4/c1-14(2)19-20(23)21(12-6-9-15-7-4-3-5-8-15)17-11-10-16(22(24)25)13-18(17)26-19/h3-5,7-8,10-11,13-14,19H,6,9,12H2,1-2H3. The highest BCUT2D eigenvalue weighted by Crippen LogP contribution is 2.38. The van der Waals surface area contributed by atoms with E-state index in [0.29, 0.717) is 18.0 Å². The molecule has 6 nitrogen and oxygen atoms in total. The molecule has 0 saturated heterocycles. The van der Waals surface area contributed by atoms with E-state index in [0.717, 1.165) is 12.8 Å². The van der Waals surface area contributed by atoms with Crippen LogP contribution in [0.15, 0.2) is 48.5 Å².